The highest BCUT2D eigenvalue weighted by Crippen LogP contribution is 2.27. The molecule has 0 bridgehead atoms. The Labute approximate surface area is 135 Å². The first-order valence-corrected chi connectivity index (χ1v) is 9.20. The molecule has 1 saturated carbocycles. The van der Waals surface area contributed by atoms with E-state index in [0.29, 0.717) is 6.04 Å². The van der Waals surface area contributed by atoms with Crippen LogP contribution in [0, 0.1) is 0 Å². The second-order valence-electron chi connectivity index (χ2n) is 6.29. The van der Waals surface area contributed by atoms with Crippen LogP contribution in [0.25, 0.3) is 5.13 Å². The smallest absolute Gasteiger partial charge is 0.218 e. The van der Waals surface area contributed by atoms with Crippen LogP contribution in [-0.2, 0) is 6.54 Å². The summed E-state index contributed by atoms with van der Waals surface area (Å²) in [7, 11) is 0. The molecule has 1 saturated heterocycles. The lowest BCUT2D eigenvalue weighted by atomic mass is 10.2. The van der Waals surface area contributed by atoms with Crippen molar-refractivity contribution in [3.8, 4) is 5.13 Å². The van der Waals surface area contributed by atoms with Gasteiger partial charge in [-0.25, -0.2) is 0 Å². The second kappa shape index (κ2) is 6.38. The van der Waals surface area contributed by atoms with Gasteiger partial charge in [0.05, 0.1) is 0 Å². The third-order valence-electron chi connectivity index (χ3n) is 4.75. The molecule has 2 fully saturated rings. The standard InChI is InChI=1S/C16H23N5S/c1-2-7-13(6-1)17-12-14-8-5-11-21(14)16-19-18-15(22-16)20-9-3-4-10-20/h5,8,11,13,17H,1-4,6-7,9-10,12H2. The topological polar surface area (TPSA) is 46.0 Å². The van der Waals surface area contributed by atoms with Gasteiger partial charge in [0.25, 0.3) is 0 Å². The number of hydrogen-bond acceptors (Lipinski definition) is 5. The minimum Gasteiger partial charge on any atom is -0.347 e. The van der Waals surface area contributed by atoms with Crippen molar-refractivity contribution in [3.05, 3.63) is 24.0 Å². The summed E-state index contributed by atoms with van der Waals surface area (Å²) in [6.07, 6.45) is 10.0. The van der Waals surface area contributed by atoms with E-state index < -0.39 is 0 Å². The van der Waals surface area contributed by atoms with Crippen LogP contribution in [0.2, 0.25) is 0 Å². The van der Waals surface area contributed by atoms with Gasteiger partial charge in [-0.05, 0) is 37.8 Å². The van der Waals surface area contributed by atoms with Crippen LogP contribution in [-0.4, -0.2) is 33.9 Å². The lowest BCUT2D eigenvalue weighted by molar-refractivity contribution is 0.516. The number of nitrogens with zero attached hydrogens (tertiary/aromatic N) is 4. The first-order chi connectivity index (χ1) is 10.9. The zero-order valence-electron chi connectivity index (χ0n) is 12.9. The van der Waals surface area contributed by atoms with Crippen LogP contribution in [0.1, 0.15) is 44.2 Å². The van der Waals surface area contributed by atoms with E-state index in [1.54, 1.807) is 11.3 Å². The number of nitrogens with one attached hydrogen (secondary N) is 1. The highest BCUT2D eigenvalue weighted by molar-refractivity contribution is 7.17. The molecular formula is C16H23N5S. The van der Waals surface area contributed by atoms with Crippen LogP contribution in [0.5, 0.6) is 0 Å². The maximum absolute atomic E-state index is 4.41. The summed E-state index contributed by atoms with van der Waals surface area (Å²) in [6.45, 7) is 3.16. The summed E-state index contributed by atoms with van der Waals surface area (Å²) >= 11 is 1.70. The van der Waals surface area contributed by atoms with Crippen molar-refractivity contribution >= 4 is 16.5 Å². The van der Waals surface area contributed by atoms with Gasteiger partial charge in [0.2, 0.25) is 10.3 Å². The summed E-state index contributed by atoms with van der Waals surface area (Å²) in [6, 6.07) is 4.97. The molecule has 1 aliphatic carbocycles. The number of rotatable bonds is 5. The fourth-order valence-corrected chi connectivity index (χ4v) is 4.38. The summed E-state index contributed by atoms with van der Waals surface area (Å²) in [5.41, 5.74) is 1.27. The van der Waals surface area contributed by atoms with Gasteiger partial charge in [0.15, 0.2) is 0 Å². The molecule has 2 aromatic heterocycles. The van der Waals surface area contributed by atoms with Gasteiger partial charge in [-0.15, -0.1) is 10.2 Å². The molecule has 118 valence electrons. The Kier molecular flexibility index (Phi) is 4.12. The van der Waals surface area contributed by atoms with Crippen molar-refractivity contribution in [2.24, 2.45) is 0 Å². The minimum atomic E-state index is 0.693. The molecule has 1 aliphatic heterocycles. The summed E-state index contributed by atoms with van der Waals surface area (Å²) < 4.78 is 2.18. The van der Waals surface area contributed by atoms with Crippen molar-refractivity contribution < 1.29 is 0 Å². The van der Waals surface area contributed by atoms with Crippen molar-refractivity contribution in [1.82, 2.24) is 20.1 Å². The predicted molar refractivity (Wildman–Crippen MR) is 89.8 cm³/mol. The average Bonchev–Trinajstić information content (AvgIpc) is 3.33. The van der Waals surface area contributed by atoms with Gasteiger partial charge < -0.3 is 10.2 Å². The van der Waals surface area contributed by atoms with Crippen LogP contribution in [0.3, 0.4) is 0 Å². The van der Waals surface area contributed by atoms with Gasteiger partial charge in [-0.2, -0.15) is 0 Å². The molecule has 0 amide bonds. The molecule has 0 spiro atoms. The molecule has 1 N–H and O–H groups in total. The third-order valence-corrected chi connectivity index (χ3v) is 5.73. The fraction of sp³-hybridized carbons (Fsp3) is 0.625. The van der Waals surface area contributed by atoms with E-state index in [1.807, 2.05) is 0 Å². The molecule has 0 aromatic carbocycles. The molecule has 5 nitrogen and oxygen atoms in total. The molecular weight excluding hydrogens is 294 g/mol. The van der Waals surface area contributed by atoms with Gasteiger partial charge in [0.1, 0.15) is 0 Å². The maximum atomic E-state index is 4.41. The minimum absolute atomic E-state index is 0.693. The summed E-state index contributed by atoms with van der Waals surface area (Å²) in [5, 5.41) is 14.5. The van der Waals surface area contributed by atoms with E-state index in [4.69, 9.17) is 0 Å². The predicted octanol–water partition coefficient (Wildman–Crippen LogP) is 2.96. The highest BCUT2D eigenvalue weighted by Gasteiger charge is 2.19. The highest BCUT2D eigenvalue weighted by atomic mass is 32.1. The largest absolute Gasteiger partial charge is 0.347 e. The molecule has 6 heteroatoms. The van der Waals surface area contributed by atoms with Crippen LogP contribution >= 0.6 is 11.3 Å². The van der Waals surface area contributed by atoms with Gasteiger partial charge in [-0.1, -0.05) is 24.2 Å². The third kappa shape index (κ3) is 2.90. The molecule has 2 aromatic rings. The molecule has 2 aliphatic rings. The summed E-state index contributed by atoms with van der Waals surface area (Å²) in [5.74, 6) is 0. The van der Waals surface area contributed by atoms with E-state index in [2.05, 4.69) is 43.3 Å². The van der Waals surface area contributed by atoms with E-state index in [-0.39, 0.29) is 0 Å². The SMILES string of the molecule is c1cc(CNC2CCCC2)n(-c2nnc(N3CCCC3)s2)c1. The Morgan fingerprint density at radius 3 is 2.68 bits per heavy atom. The zero-order valence-corrected chi connectivity index (χ0v) is 13.7. The molecule has 0 atom stereocenters. The Morgan fingerprint density at radius 1 is 1.09 bits per heavy atom. The normalized spacial score (nSPS) is 19.4. The van der Waals surface area contributed by atoms with Crippen molar-refractivity contribution in [2.45, 2.75) is 51.1 Å². The van der Waals surface area contributed by atoms with Crippen LogP contribution in [0.15, 0.2) is 18.3 Å². The van der Waals surface area contributed by atoms with Gasteiger partial charge in [-0.3, -0.25) is 4.57 Å². The number of hydrogen-bond donors (Lipinski definition) is 1. The maximum Gasteiger partial charge on any atom is 0.218 e. The van der Waals surface area contributed by atoms with Crippen molar-refractivity contribution in [3.63, 3.8) is 0 Å². The lowest BCUT2D eigenvalue weighted by Crippen LogP contribution is -2.26. The monoisotopic (exact) mass is 317 g/mol. The molecule has 22 heavy (non-hydrogen) atoms. The van der Waals surface area contributed by atoms with Crippen molar-refractivity contribution in [2.75, 3.05) is 18.0 Å². The van der Waals surface area contributed by atoms with E-state index in [0.717, 1.165) is 29.9 Å². The first-order valence-electron chi connectivity index (χ1n) is 8.38. The van der Waals surface area contributed by atoms with E-state index in [1.165, 1.54) is 44.2 Å². The quantitative estimate of drug-likeness (QED) is 0.921. The molecule has 0 radical (unpaired) electrons. The lowest BCUT2D eigenvalue weighted by Gasteiger charge is -2.13. The fourth-order valence-electron chi connectivity index (χ4n) is 3.47. The molecule has 0 unspecified atom stereocenters. The average molecular weight is 317 g/mol. The second-order valence-corrected chi connectivity index (χ2v) is 7.23. The molecule has 3 heterocycles. The Hall–Kier alpha value is -1.40. The number of anilines is 1. The Bertz CT molecular complexity index is 608. The van der Waals surface area contributed by atoms with Gasteiger partial charge in [0, 0.05) is 37.6 Å². The Balaban J connectivity index is 1.46. The van der Waals surface area contributed by atoms with Gasteiger partial charge >= 0.3 is 0 Å². The first kappa shape index (κ1) is 14.2. The number of aromatic nitrogens is 3. The molecule has 4 rings (SSSR count). The Morgan fingerprint density at radius 2 is 1.86 bits per heavy atom. The van der Waals surface area contributed by atoms with Crippen LogP contribution in [0.4, 0.5) is 5.13 Å². The van der Waals surface area contributed by atoms with E-state index in [9.17, 15) is 0 Å². The van der Waals surface area contributed by atoms with Crippen molar-refractivity contribution in [1.29, 1.82) is 0 Å². The van der Waals surface area contributed by atoms with E-state index >= 15 is 0 Å². The van der Waals surface area contributed by atoms with Crippen LogP contribution < -0.4 is 10.2 Å². The summed E-state index contributed by atoms with van der Waals surface area (Å²) in [4.78, 5) is 2.35. The zero-order chi connectivity index (χ0) is 14.8.